The topological polar surface area (TPSA) is 212 Å². The summed E-state index contributed by atoms with van der Waals surface area (Å²) in [5.41, 5.74) is -2.85. The maximum Gasteiger partial charge on any atom is 0.647 e. The van der Waals surface area contributed by atoms with Gasteiger partial charge in [0.2, 0.25) is 0 Å². The Morgan fingerprint density at radius 2 is 0.429 bits per heavy atom. The number of aliphatic hydroxyl groups excluding tert-OH is 3. The quantitative estimate of drug-likeness (QED) is 0.0530. The van der Waals surface area contributed by atoms with Gasteiger partial charge in [-0.05, 0) is 205 Å². The fourth-order valence-corrected chi connectivity index (χ4v) is 24.4. The fraction of sp³-hybridized carbons (Fsp3) is 0.769. The van der Waals surface area contributed by atoms with Gasteiger partial charge in [0.15, 0.2) is 0 Å². The Bertz CT molecular complexity index is 3090. The first-order chi connectivity index (χ1) is 43.7. The number of aliphatic hydroxyl groups is 3. The van der Waals surface area contributed by atoms with E-state index in [2.05, 4.69) is 0 Å². The molecule has 566 valence electrons. The second kappa shape index (κ2) is 31.4. The van der Waals surface area contributed by atoms with Crippen LogP contribution in [0.4, 0.5) is 0 Å². The molecule has 0 atom stereocenters. The molecule has 3 aromatic carbocycles. The highest BCUT2D eigenvalue weighted by Crippen LogP contribution is 2.66. The second-order valence-electron chi connectivity index (χ2n) is 37.0. The summed E-state index contributed by atoms with van der Waals surface area (Å²) >= 11 is 0. The lowest BCUT2D eigenvalue weighted by molar-refractivity contribution is 0.148. The summed E-state index contributed by atoms with van der Waals surface area (Å²) in [4.78, 5) is 0. The lowest BCUT2D eigenvalue weighted by atomic mass is 9.70. The second-order valence-corrected chi connectivity index (χ2v) is 44.0. The van der Waals surface area contributed by atoms with Crippen molar-refractivity contribution < 1.29 is 74.3 Å². The Morgan fingerprint density at radius 3 is 0.551 bits per heavy atom. The van der Waals surface area contributed by atoms with Crippen LogP contribution in [-0.4, -0.2) is 71.8 Å². The Kier molecular flexibility index (Phi) is 28.7. The van der Waals surface area contributed by atoms with E-state index in [0.717, 1.165) is 0 Å². The van der Waals surface area contributed by atoms with Gasteiger partial charge in [0, 0.05) is 53.2 Å². The highest BCUT2D eigenvalue weighted by Gasteiger charge is 2.55. The third-order valence-electron chi connectivity index (χ3n) is 17.3. The predicted octanol–water partition coefficient (Wildman–Crippen LogP) is 21.0. The number of benzene rings is 3. The smallest absolute Gasteiger partial charge is 0.396 e. The lowest BCUT2D eigenvalue weighted by Crippen LogP contribution is -2.39. The van der Waals surface area contributed by atoms with E-state index in [1.165, 1.54) is 0 Å². The van der Waals surface area contributed by atoms with E-state index in [9.17, 15) is 15.3 Å². The highest BCUT2D eigenvalue weighted by molar-refractivity contribution is 7.63. The molecule has 3 rings (SSSR count). The van der Waals surface area contributed by atoms with Crippen molar-refractivity contribution in [2.45, 2.75) is 375 Å². The molecule has 3 aromatic rings. The average molecular weight is 1460 g/mol. The number of rotatable bonds is 30. The Labute approximate surface area is 596 Å². The standard InChI is InChI=1S/C78H138O16P4/c1-46(2)86-95(82,87-47(3)4)67-58(70(16,17)18)52(13)55(76(34,35)40-43-79)64(61(67)73(25,26)27)92-98(85,93-65-56(77(36,37)41-44-80)53(14)59(71(19,20)21)68(62(65)74(28,29)30)96(83,88-48(5)6)89-49(7)8)94-66-57(78(38,39)42-45-81)54(15)60(72(22,23)24)69(63(66)75(31,32)33)97(84,90-50(9)10)91-51(11)12/h46-51,79-81H,40-45H2,1-39H3. The van der Waals surface area contributed by atoms with Crippen LogP contribution in [0.3, 0.4) is 0 Å². The normalized spacial score (nSPS) is 14.4. The van der Waals surface area contributed by atoms with Crippen molar-refractivity contribution in [3.05, 3.63) is 66.8 Å². The molecule has 0 aliphatic carbocycles. The largest absolute Gasteiger partial charge is 0.647 e. The molecule has 3 N–H and O–H groups in total. The maximum atomic E-state index is 19.2. The van der Waals surface area contributed by atoms with E-state index in [1.54, 1.807) is 83.1 Å². The van der Waals surface area contributed by atoms with Gasteiger partial charge >= 0.3 is 30.6 Å². The summed E-state index contributed by atoms with van der Waals surface area (Å²) in [5.74, 6) is -0.119. The van der Waals surface area contributed by atoms with Gasteiger partial charge in [-0.1, -0.05) is 166 Å². The third-order valence-corrected chi connectivity index (χ3v) is 25.7. The molecule has 0 fully saturated rings. The molecule has 0 saturated carbocycles. The van der Waals surface area contributed by atoms with Gasteiger partial charge in [-0.3, -0.25) is 13.7 Å². The van der Waals surface area contributed by atoms with Gasteiger partial charge < -0.3 is 56.0 Å². The van der Waals surface area contributed by atoms with E-state index in [-0.39, 0.29) is 72.2 Å². The van der Waals surface area contributed by atoms with Crippen molar-refractivity contribution >= 4 is 46.5 Å². The number of phosphoric acid groups is 1. The SMILES string of the molecule is Cc1c(C(C)(C)C)c(P(=O)(OC(C)C)OC(C)C)c(C(C)(C)C)c(OP(=O)(Oc2c(C(C)(C)C)c(P(=O)(OC(C)C)OC(C)C)c(C(C)(C)C)c(C)c2C(C)(C)CCO)Oc2c(C(C)(C)C)c(P(=O)(OC(C)C)OC(C)C)c(C(C)(C)C)c(C)c2C(C)(C)CCO)c1C(C)(C)CCO. The van der Waals surface area contributed by atoms with E-state index in [4.69, 9.17) is 40.7 Å². The van der Waals surface area contributed by atoms with Crippen LogP contribution in [-0.2, 0) is 94.1 Å². The van der Waals surface area contributed by atoms with Crippen molar-refractivity contribution in [1.29, 1.82) is 0 Å². The zero-order chi connectivity index (χ0) is 77.0. The van der Waals surface area contributed by atoms with Crippen LogP contribution >= 0.6 is 30.6 Å². The monoisotopic (exact) mass is 1450 g/mol. The van der Waals surface area contributed by atoms with Crippen LogP contribution < -0.4 is 29.5 Å². The molecule has 0 aliphatic heterocycles. The molecular weight excluding hydrogens is 1320 g/mol. The molecule has 0 spiro atoms. The predicted molar refractivity (Wildman–Crippen MR) is 408 cm³/mol. The van der Waals surface area contributed by atoms with E-state index in [0.29, 0.717) is 66.8 Å². The van der Waals surface area contributed by atoms with Crippen molar-refractivity contribution in [1.82, 2.24) is 0 Å². The molecule has 98 heavy (non-hydrogen) atoms. The first-order valence-electron chi connectivity index (χ1n) is 35.8. The third kappa shape index (κ3) is 20.4. The molecule has 0 aromatic heterocycles. The zero-order valence-electron chi connectivity index (χ0n) is 68.6. The van der Waals surface area contributed by atoms with E-state index in [1.807, 2.05) is 187 Å². The molecule has 0 amide bonds. The number of hydrogen-bond donors (Lipinski definition) is 3. The van der Waals surface area contributed by atoms with Crippen LogP contribution in [0.5, 0.6) is 17.2 Å². The molecule has 0 bridgehead atoms. The van der Waals surface area contributed by atoms with Crippen LogP contribution in [0.25, 0.3) is 0 Å². The molecular formula is C78H138O16P4. The number of hydrogen-bond acceptors (Lipinski definition) is 16. The molecule has 16 nitrogen and oxygen atoms in total. The van der Waals surface area contributed by atoms with Gasteiger partial charge in [-0.15, -0.1) is 0 Å². The lowest BCUT2D eigenvalue weighted by Gasteiger charge is -2.43. The maximum absolute atomic E-state index is 19.2. The van der Waals surface area contributed by atoms with Gasteiger partial charge in [-0.25, -0.2) is 0 Å². The summed E-state index contributed by atoms with van der Waals surface area (Å²) in [5, 5.41) is 34.5. The summed E-state index contributed by atoms with van der Waals surface area (Å²) in [7, 11) is -19.5. The van der Waals surface area contributed by atoms with Crippen LogP contribution in [0.2, 0.25) is 0 Å². The minimum absolute atomic E-state index is 0.0397. The Hall–Kier alpha value is -2.38. The van der Waals surface area contributed by atoms with Gasteiger partial charge in [0.1, 0.15) is 17.2 Å². The highest BCUT2D eigenvalue weighted by atomic mass is 31.2. The molecule has 0 aliphatic rings. The summed E-state index contributed by atoms with van der Waals surface area (Å²) in [6, 6.07) is 0. The zero-order valence-corrected chi connectivity index (χ0v) is 72.2. The number of phosphoric ester groups is 1. The van der Waals surface area contributed by atoms with Crippen LogP contribution in [0, 0.1) is 20.8 Å². The van der Waals surface area contributed by atoms with Gasteiger partial charge in [-0.2, -0.15) is 4.57 Å². The van der Waals surface area contributed by atoms with Crippen LogP contribution in [0.15, 0.2) is 0 Å². The van der Waals surface area contributed by atoms with E-state index < -0.39 is 116 Å². The summed E-state index contributed by atoms with van der Waals surface area (Å²) in [6.07, 6.45) is -3.40. The van der Waals surface area contributed by atoms with Crippen molar-refractivity contribution in [3.63, 3.8) is 0 Å². The molecule has 0 heterocycles. The molecule has 20 heteroatoms. The average Bonchev–Trinajstić information content (AvgIpc) is 0.715. The van der Waals surface area contributed by atoms with Crippen molar-refractivity contribution in [3.8, 4) is 17.2 Å². The first-order valence-corrected chi connectivity index (χ1v) is 41.8. The molecule has 0 saturated heterocycles. The van der Waals surface area contributed by atoms with Crippen molar-refractivity contribution in [2.24, 2.45) is 0 Å². The molecule has 0 unspecified atom stereocenters. The van der Waals surface area contributed by atoms with Crippen LogP contribution in [0.1, 0.15) is 335 Å². The van der Waals surface area contributed by atoms with Crippen molar-refractivity contribution in [2.75, 3.05) is 19.8 Å². The fourth-order valence-electron chi connectivity index (χ4n) is 14.5. The molecule has 0 radical (unpaired) electrons. The Morgan fingerprint density at radius 1 is 0.276 bits per heavy atom. The van der Waals surface area contributed by atoms with Gasteiger partial charge in [0.25, 0.3) is 0 Å². The summed E-state index contributed by atoms with van der Waals surface area (Å²) in [6.45, 7) is 74.2. The Balaban J connectivity index is 3.58. The van der Waals surface area contributed by atoms with E-state index >= 15 is 18.3 Å². The van der Waals surface area contributed by atoms with Gasteiger partial charge in [0.05, 0.1) is 52.5 Å². The first kappa shape index (κ1) is 89.8. The summed E-state index contributed by atoms with van der Waals surface area (Å²) < 4.78 is 134. The minimum Gasteiger partial charge on any atom is -0.396 e. The minimum atomic E-state index is -5.83.